The molecule has 5 nitrogen and oxygen atoms in total. The van der Waals surface area contributed by atoms with Crippen molar-refractivity contribution >= 4 is 28.9 Å². The molecule has 2 aromatic carbocycles. The summed E-state index contributed by atoms with van der Waals surface area (Å²) in [5, 5.41) is 2.94. The standard InChI is InChI=1S/C24H33N3O2/c1-7-26(8-2)22-9-10-23(19(5)16-22)27(20(6)28)12-11-24(29)25-21-14-17(3)13-18(4)15-21/h9-10,13-16H,7-8,11-12H2,1-6H3,(H,25,29). The molecule has 0 saturated carbocycles. The minimum Gasteiger partial charge on any atom is -0.372 e. The topological polar surface area (TPSA) is 52.6 Å². The summed E-state index contributed by atoms with van der Waals surface area (Å²) in [6, 6.07) is 12.1. The molecule has 0 aliphatic carbocycles. The van der Waals surface area contributed by atoms with Crippen molar-refractivity contribution in [1.82, 2.24) is 0 Å². The van der Waals surface area contributed by atoms with E-state index in [2.05, 4.69) is 36.2 Å². The summed E-state index contributed by atoms with van der Waals surface area (Å²) in [7, 11) is 0. The summed E-state index contributed by atoms with van der Waals surface area (Å²) in [4.78, 5) is 28.7. The molecule has 0 radical (unpaired) electrons. The van der Waals surface area contributed by atoms with Gasteiger partial charge in [-0.1, -0.05) is 6.07 Å². The monoisotopic (exact) mass is 395 g/mol. The van der Waals surface area contributed by atoms with Crippen LogP contribution in [0.4, 0.5) is 17.1 Å². The van der Waals surface area contributed by atoms with Crippen LogP contribution in [-0.2, 0) is 9.59 Å². The minimum atomic E-state index is -0.0985. The maximum Gasteiger partial charge on any atom is 0.226 e. The maximum absolute atomic E-state index is 12.4. The van der Waals surface area contributed by atoms with E-state index in [4.69, 9.17) is 0 Å². The highest BCUT2D eigenvalue weighted by molar-refractivity contribution is 5.95. The smallest absolute Gasteiger partial charge is 0.226 e. The fourth-order valence-corrected chi connectivity index (χ4v) is 3.66. The molecule has 0 spiro atoms. The van der Waals surface area contributed by atoms with Crippen molar-refractivity contribution in [2.75, 3.05) is 34.8 Å². The molecule has 156 valence electrons. The lowest BCUT2D eigenvalue weighted by Gasteiger charge is -2.26. The van der Waals surface area contributed by atoms with E-state index in [9.17, 15) is 9.59 Å². The van der Waals surface area contributed by atoms with Gasteiger partial charge in [-0.2, -0.15) is 0 Å². The molecule has 0 unspecified atom stereocenters. The summed E-state index contributed by atoms with van der Waals surface area (Å²) in [5.74, 6) is -0.165. The van der Waals surface area contributed by atoms with E-state index in [0.717, 1.165) is 46.8 Å². The van der Waals surface area contributed by atoms with E-state index in [0.29, 0.717) is 6.54 Å². The number of hydrogen-bond donors (Lipinski definition) is 1. The van der Waals surface area contributed by atoms with Crippen LogP contribution in [0.3, 0.4) is 0 Å². The highest BCUT2D eigenvalue weighted by Crippen LogP contribution is 2.26. The van der Waals surface area contributed by atoms with E-state index >= 15 is 0 Å². The molecule has 0 bridgehead atoms. The van der Waals surface area contributed by atoms with E-state index in [1.54, 1.807) is 11.8 Å². The number of amides is 2. The lowest BCUT2D eigenvalue weighted by molar-refractivity contribution is -0.117. The van der Waals surface area contributed by atoms with Crippen molar-refractivity contribution in [2.24, 2.45) is 0 Å². The normalized spacial score (nSPS) is 10.6. The molecule has 5 heteroatoms. The third-order valence-electron chi connectivity index (χ3n) is 5.05. The molecular formula is C24H33N3O2. The van der Waals surface area contributed by atoms with Gasteiger partial charge in [0.05, 0.1) is 0 Å². The molecule has 2 aromatic rings. The average Bonchev–Trinajstić information content (AvgIpc) is 2.63. The van der Waals surface area contributed by atoms with Crippen molar-refractivity contribution in [3.8, 4) is 0 Å². The van der Waals surface area contributed by atoms with E-state index in [-0.39, 0.29) is 18.2 Å². The Kier molecular flexibility index (Phi) is 7.82. The number of hydrogen-bond acceptors (Lipinski definition) is 3. The summed E-state index contributed by atoms with van der Waals surface area (Å²) < 4.78 is 0. The van der Waals surface area contributed by atoms with Crippen molar-refractivity contribution in [3.05, 3.63) is 53.1 Å². The predicted octanol–water partition coefficient (Wildman–Crippen LogP) is 4.84. The Labute approximate surface area is 174 Å². The van der Waals surface area contributed by atoms with Crippen molar-refractivity contribution in [3.63, 3.8) is 0 Å². The molecule has 2 amide bonds. The number of aryl methyl sites for hydroxylation is 3. The van der Waals surface area contributed by atoms with Crippen LogP contribution in [0.15, 0.2) is 36.4 Å². The Morgan fingerprint density at radius 1 is 0.931 bits per heavy atom. The van der Waals surface area contributed by atoms with Gasteiger partial charge in [0, 0.05) is 50.0 Å². The van der Waals surface area contributed by atoms with Crippen LogP contribution in [0, 0.1) is 20.8 Å². The lowest BCUT2D eigenvalue weighted by Crippen LogP contribution is -2.32. The Balaban J connectivity index is 2.10. The third kappa shape index (κ3) is 6.08. The minimum absolute atomic E-state index is 0.0668. The molecular weight excluding hydrogens is 362 g/mol. The van der Waals surface area contributed by atoms with Gasteiger partial charge < -0.3 is 15.1 Å². The van der Waals surface area contributed by atoms with Crippen LogP contribution in [-0.4, -0.2) is 31.4 Å². The number of rotatable bonds is 8. The number of anilines is 3. The Hall–Kier alpha value is -2.82. The molecule has 1 N–H and O–H groups in total. The second-order valence-corrected chi connectivity index (χ2v) is 7.49. The van der Waals surface area contributed by atoms with Crippen LogP contribution in [0.25, 0.3) is 0 Å². The molecule has 0 aliphatic heterocycles. The van der Waals surface area contributed by atoms with Gasteiger partial charge in [-0.3, -0.25) is 9.59 Å². The second-order valence-electron chi connectivity index (χ2n) is 7.49. The van der Waals surface area contributed by atoms with Crippen molar-refractivity contribution < 1.29 is 9.59 Å². The predicted molar refractivity (Wildman–Crippen MR) is 122 cm³/mol. The number of benzene rings is 2. The van der Waals surface area contributed by atoms with E-state index in [1.807, 2.05) is 45.0 Å². The van der Waals surface area contributed by atoms with Crippen molar-refractivity contribution in [2.45, 2.75) is 48.0 Å². The first-order valence-corrected chi connectivity index (χ1v) is 10.3. The first kappa shape index (κ1) is 22.5. The Morgan fingerprint density at radius 3 is 2.07 bits per heavy atom. The summed E-state index contributed by atoms with van der Waals surface area (Å²) in [6.45, 7) is 14.0. The summed E-state index contributed by atoms with van der Waals surface area (Å²) in [5.41, 5.74) is 6.03. The number of nitrogens with zero attached hydrogens (tertiary/aromatic N) is 2. The van der Waals surface area contributed by atoms with Crippen LogP contribution in [0.1, 0.15) is 43.9 Å². The lowest BCUT2D eigenvalue weighted by atomic mass is 10.1. The first-order chi connectivity index (χ1) is 13.7. The Bertz CT molecular complexity index is 852. The zero-order valence-corrected chi connectivity index (χ0v) is 18.5. The van der Waals surface area contributed by atoms with Crippen LogP contribution in [0.5, 0.6) is 0 Å². The van der Waals surface area contributed by atoms with E-state index in [1.165, 1.54) is 0 Å². The summed E-state index contributed by atoms with van der Waals surface area (Å²) >= 11 is 0. The van der Waals surface area contributed by atoms with Gasteiger partial charge in [-0.05, 0) is 81.6 Å². The number of carbonyl (C=O) groups excluding carboxylic acids is 2. The fraction of sp³-hybridized carbons (Fsp3) is 0.417. The van der Waals surface area contributed by atoms with Gasteiger partial charge in [0.15, 0.2) is 0 Å². The van der Waals surface area contributed by atoms with E-state index < -0.39 is 0 Å². The zero-order valence-electron chi connectivity index (χ0n) is 18.5. The third-order valence-corrected chi connectivity index (χ3v) is 5.05. The van der Waals surface area contributed by atoms with Gasteiger partial charge in [-0.25, -0.2) is 0 Å². The fourth-order valence-electron chi connectivity index (χ4n) is 3.66. The van der Waals surface area contributed by atoms with Gasteiger partial charge in [0.1, 0.15) is 0 Å². The molecule has 0 aliphatic rings. The second kappa shape index (κ2) is 10.1. The molecule has 0 saturated heterocycles. The van der Waals surface area contributed by atoms with Gasteiger partial charge in [-0.15, -0.1) is 0 Å². The highest BCUT2D eigenvalue weighted by atomic mass is 16.2. The largest absolute Gasteiger partial charge is 0.372 e. The quantitative estimate of drug-likeness (QED) is 0.696. The summed E-state index contributed by atoms with van der Waals surface area (Å²) in [6.07, 6.45) is 0.240. The SMILES string of the molecule is CCN(CC)c1ccc(N(CCC(=O)Nc2cc(C)cc(C)c2)C(C)=O)c(C)c1. The maximum atomic E-state index is 12.4. The van der Waals surface area contributed by atoms with Crippen LogP contribution in [0.2, 0.25) is 0 Å². The number of carbonyl (C=O) groups is 2. The molecule has 0 heterocycles. The molecule has 29 heavy (non-hydrogen) atoms. The average molecular weight is 396 g/mol. The Morgan fingerprint density at radius 2 is 1.55 bits per heavy atom. The van der Waals surface area contributed by atoms with Crippen molar-refractivity contribution in [1.29, 1.82) is 0 Å². The molecule has 2 rings (SSSR count). The first-order valence-electron chi connectivity index (χ1n) is 10.3. The molecule has 0 atom stereocenters. The van der Waals surface area contributed by atoms with Gasteiger partial charge >= 0.3 is 0 Å². The molecule has 0 aromatic heterocycles. The van der Waals surface area contributed by atoms with Crippen LogP contribution < -0.4 is 15.1 Å². The number of nitrogens with one attached hydrogen (secondary N) is 1. The van der Waals surface area contributed by atoms with Gasteiger partial charge in [0.25, 0.3) is 0 Å². The molecule has 0 fully saturated rings. The van der Waals surface area contributed by atoms with Gasteiger partial charge in [0.2, 0.25) is 11.8 Å². The zero-order chi connectivity index (χ0) is 21.6. The highest BCUT2D eigenvalue weighted by Gasteiger charge is 2.16. The van der Waals surface area contributed by atoms with Crippen LogP contribution >= 0.6 is 0 Å².